The Bertz CT molecular complexity index is 24.3. The second-order valence-electron chi connectivity index (χ2n) is 0.471. The minimum Gasteiger partial charge on any atom is -0.0995 e. The molecule has 1 heteroatoms. The molecule has 0 aromatic carbocycles. The second-order valence-corrected chi connectivity index (χ2v) is 0.943. The first-order chi connectivity index (χ1) is 1.91. The Labute approximate surface area is 29.2 Å². The third-order valence-corrected chi connectivity index (χ3v) is 0.500. The fourth-order valence-corrected chi connectivity index (χ4v) is 0. The molecule has 4 heavy (non-hydrogen) atoms. The first-order valence-corrected chi connectivity index (χ1v) is 1.97. The van der Waals surface area contributed by atoms with E-state index in [0.717, 1.165) is 0 Å². The second kappa shape index (κ2) is 2.83. The molecule has 0 N–H and O–H groups in total. The zero-order valence-corrected chi connectivity index (χ0v) is 3.98. The molecule has 22 valence electrons. The first kappa shape index (κ1) is 3.83. The van der Waals surface area contributed by atoms with Crippen molar-refractivity contribution in [1.29, 1.82) is 0 Å². The fourth-order valence-electron chi connectivity index (χ4n) is 0. The third kappa shape index (κ3) is 1.83. The van der Waals surface area contributed by atoms with Crippen LogP contribution in [0.1, 0.15) is 0 Å². The van der Waals surface area contributed by atoms with Gasteiger partial charge in [-0.3, -0.25) is 0 Å². The molecule has 0 unspecified atom stereocenters. The molecule has 0 bridgehead atoms. The predicted molar refractivity (Wildman–Crippen MR) is 24.8 cm³/mol. The van der Waals surface area contributed by atoms with Crippen LogP contribution in [0.3, 0.4) is 0 Å². The van der Waals surface area contributed by atoms with Crippen LogP contribution in [0.15, 0.2) is 12.7 Å². The van der Waals surface area contributed by atoms with Crippen LogP contribution in [-0.4, -0.2) is 15.5 Å². The summed E-state index contributed by atoms with van der Waals surface area (Å²) in [5.74, 6) is 0. The Kier molecular flexibility index (Phi) is 2.70. The fraction of sp³-hybridized carbons (Fsp3) is 0. The van der Waals surface area contributed by atoms with E-state index in [1.54, 1.807) is 15.9 Å². The van der Waals surface area contributed by atoms with Gasteiger partial charge in [0.05, 0.1) is 0 Å². The van der Waals surface area contributed by atoms with Gasteiger partial charge in [-0.25, -0.2) is 0 Å². The maximum absolute atomic E-state index is 3.43. The van der Waals surface area contributed by atoms with Gasteiger partial charge in [-0.15, -0.1) is 0 Å². The highest BCUT2D eigenvalue weighted by molar-refractivity contribution is 6.30. The number of rotatable bonds is 1. The molecule has 0 fully saturated rings. The highest BCUT2D eigenvalue weighted by Crippen LogP contribution is 1.34. The lowest BCUT2D eigenvalue weighted by molar-refractivity contribution is 2.56. The SMILES string of the molecule is C=CC=[SiH2]. The van der Waals surface area contributed by atoms with Crippen LogP contribution in [0.2, 0.25) is 0 Å². The van der Waals surface area contributed by atoms with Crippen molar-refractivity contribution in [2.24, 2.45) is 0 Å². The molecule has 0 saturated heterocycles. The van der Waals surface area contributed by atoms with E-state index in [0.29, 0.717) is 0 Å². The van der Waals surface area contributed by atoms with Crippen LogP contribution < -0.4 is 0 Å². The zero-order chi connectivity index (χ0) is 3.41. The van der Waals surface area contributed by atoms with Gasteiger partial charge in [0.15, 0.2) is 0 Å². The van der Waals surface area contributed by atoms with E-state index >= 15 is 0 Å². The summed E-state index contributed by atoms with van der Waals surface area (Å²) in [6.45, 7) is 3.43. The summed E-state index contributed by atoms with van der Waals surface area (Å²) in [7, 11) is 1.78. The molecule has 0 saturated carbocycles. The van der Waals surface area contributed by atoms with Gasteiger partial charge >= 0.3 is 0 Å². The molecule has 0 spiro atoms. The number of allylic oxidation sites excluding steroid dienone is 1. The molecule has 0 aromatic rings. The van der Waals surface area contributed by atoms with Crippen LogP contribution >= 0.6 is 0 Å². The minimum absolute atomic E-state index is 1.76. The third-order valence-electron chi connectivity index (χ3n) is 0.167. The molecule has 0 aromatic heterocycles. The van der Waals surface area contributed by atoms with Gasteiger partial charge in [0, 0.05) is 0 Å². The standard InChI is InChI=1S/C3H6Si/c1-2-3-4/h2-3H,1,4H2. The van der Waals surface area contributed by atoms with Crippen LogP contribution in [0.25, 0.3) is 0 Å². The summed E-state index contributed by atoms with van der Waals surface area (Å²) < 4.78 is 0. The smallest absolute Gasteiger partial charge is 0.0236 e. The molecular weight excluding hydrogens is 64.1 g/mol. The van der Waals surface area contributed by atoms with Gasteiger partial charge in [0.2, 0.25) is 0 Å². The average molecular weight is 70.2 g/mol. The Morgan fingerprint density at radius 3 is 2.00 bits per heavy atom. The van der Waals surface area contributed by atoms with Crippen LogP contribution in [0.5, 0.6) is 0 Å². The maximum atomic E-state index is 3.43. The summed E-state index contributed by atoms with van der Waals surface area (Å²) in [6.07, 6.45) is 1.76. The quantitative estimate of drug-likeness (QED) is 0.368. The van der Waals surface area contributed by atoms with Crippen LogP contribution in [-0.2, 0) is 0 Å². The van der Waals surface area contributed by atoms with Gasteiger partial charge < -0.3 is 0 Å². The normalized spacial score (nSPS) is 5.00. The van der Waals surface area contributed by atoms with E-state index in [1.165, 1.54) is 0 Å². The van der Waals surface area contributed by atoms with Crippen molar-refractivity contribution < 1.29 is 0 Å². The summed E-state index contributed by atoms with van der Waals surface area (Å²) in [5, 5.41) is 0. The molecule has 0 aliphatic heterocycles. The Morgan fingerprint density at radius 1 is 1.75 bits per heavy atom. The number of hydrogen-bond donors (Lipinski definition) is 0. The van der Waals surface area contributed by atoms with Gasteiger partial charge in [-0.2, -0.15) is 0 Å². The largest absolute Gasteiger partial charge is 0.0995 e. The van der Waals surface area contributed by atoms with Crippen molar-refractivity contribution in [2.75, 3.05) is 0 Å². The van der Waals surface area contributed by atoms with E-state index in [9.17, 15) is 0 Å². The highest BCUT2D eigenvalue weighted by atomic mass is 28.1. The predicted octanol–water partition coefficient (Wildman–Crippen LogP) is -0.392. The minimum atomic E-state index is 1.76. The van der Waals surface area contributed by atoms with Crippen molar-refractivity contribution in [1.82, 2.24) is 0 Å². The van der Waals surface area contributed by atoms with E-state index in [1.807, 2.05) is 5.67 Å². The van der Waals surface area contributed by atoms with Crippen LogP contribution in [0, 0.1) is 0 Å². The van der Waals surface area contributed by atoms with Crippen molar-refractivity contribution in [2.45, 2.75) is 0 Å². The highest BCUT2D eigenvalue weighted by Gasteiger charge is 1.29. The monoisotopic (exact) mass is 70.0 g/mol. The average Bonchev–Trinajstić information content (AvgIpc) is 1.37. The Hall–Kier alpha value is -0.173. The lowest BCUT2D eigenvalue weighted by atomic mass is 10.8. The summed E-state index contributed by atoms with van der Waals surface area (Å²) >= 11 is 0. The van der Waals surface area contributed by atoms with Crippen molar-refractivity contribution in [3.8, 4) is 0 Å². The van der Waals surface area contributed by atoms with Gasteiger partial charge in [-0.1, -0.05) is 18.3 Å². The molecule has 0 radical (unpaired) electrons. The zero-order valence-electron chi connectivity index (χ0n) is 2.57. The molecule has 0 nitrogen and oxygen atoms in total. The van der Waals surface area contributed by atoms with Gasteiger partial charge in [0.1, 0.15) is 0 Å². The molecule has 0 amide bonds. The Morgan fingerprint density at radius 2 is 2.00 bits per heavy atom. The molecule has 0 atom stereocenters. The van der Waals surface area contributed by atoms with E-state index in [4.69, 9.17) is 0 Å². The van der Waals surface area contributed by atoms with Gasteiger partial charge in [-0.05, 0) is 9.85 Å². The van der Waals surface area contributed by atoms with Crippen molar-refractivity contribution in [3.05, 3.63) is 12.7 Å². The molecule has 0 heterocycles. The summed E-state index contributed by atoms with van der Waals surface area (Å²) in [4.78, 5) is 0. The van der Waals surface area contributed by atoms with Crippen molar-refractivity contribution in [3.63, 3.8) is 0 Å². The van der Waals surface area contributed by atoms with Crippen molar-refractivity contribution >= 4 is 15.5 Å². The summed E-state index contributed by atoms with van der Waals surface area (Å²) in [5.41, 5.74) is 1.92. The van der Waals surface area contributed by atoms with E-state index < -0.39 is 0 Å². The first-order valence-electron chi connectivity index (χ1n) is 1.15. The van der Waals surface area contributed by atoms with E-state index in [-0.39, 0.29) is 0 Å². The molecular formula is C3H6Si. The molecule has 0 aliphatic carbocycles. The van der Waals surface area contributed by atoms with Gasteiger partial charge in [0.25, 0.3) is 0 Å². The lowest BCUT2D eigenvalue weighted by Gasteiger charge is -1.44. The summed E-state index contributed by atoms with van der Waals surface area (Å²) in [6, 6.07) is 0. The molecule has 0 rings (SSSR count). The lowest BCUT2D eigenvalue weighted by Crippen LogP contribution is -1.48. The maximum Gasteiger partial charge on any atom is -0.0236 e. The van der Waals surface area contributed by atoms with Crippen LogP contribution in [0.4, 0.5) is 0 Å². The molecule has 0 aliphatic rings. The Balaban J connectivity index is 2.73. The van der Waals surface area contributed by atoms with E-state index in [2.05, 4.69) is 6.58 Å². The topological polar surface area (TPSA) is 0 Å². The number of hydrogen-bond acceptors (Lipinski definition) is 0.